The molecule has 0 N–H and O–H groups in total. The fraction of sp³-hybridized carbons (Fsp3) is 0.250. The first-order chi connectivity index (χ1) is 12.3. The van der Waals surface area contributed by atoms with Gasteiger partial charge >= 0.3 is 0 Å². The highest BCUT2D eigenvalue weighted by Gasteiger charge is 2.35. The van der Waals surface area contributed by atoms with E-state index in [1.54, 1.807) is 18.2 Å². The summed E-state index contributed by atoms with van der Waals surface area (Å²) in [5.74, 6) is 0. The standard InChI is InChI=1S/C16H14BrClN2O5S/c17-12-7-11(8-13(18)9-12)15-10-19(5-6-25-15)26(23,24)16-4-2-1-3-14(16)20(21)22/h1-4,7-9,15H,5-6,10H2. The quantitative estimate of drug-likeness (QED) is 0.511. The van der Waals surface area contributed by atoms with E-state index in [0.717, 1.165) is 10.0 Å². The SMILES string of the molecule is O=[N+]([O-])c1ccccc1S(=O)(=O)N1CCOC(c2cc(Cl)cc(Br)c2)C1. The number of hydrogen-bond acceptors (Lipinski definition) is 5. The van der Waals surface area contributed by atoms with E-state index in [0.29, 0.717) is 5.02 Å². The Hall–Kier alpha value is -1.52. The minimum absolute atomic E-state index is 0.0428. The van der Waals surface area contributed by atoms with Crippen molar-refractivity contribution in [2.24, 2.45) is 0 Å². The van der Waals surface area contributed by atoms with E-state index >= 15 is 0 Å². The smallest absolute Gasteiger partial charge is 0.289 e. The van der Waals surface area contributed by atoms with Gasteiger partial charge < -0.3 is 4.74 Å². The molecule has 0 amide bonds. The van der Waals surface area contributed by atoms with Crippen LogP contribution >= 0.6 is 27.5 Å². The molecule has 138 valence electrons. The molecular formula is C16H14BrClN2O5S. The fourth-order valence-electron chi connectivity index (χ4n) is 2.77. The highest BCUT2D eigenvalue weighted by Crippen LogP contribution is 2.32. The van der Waals surface area contributed by atoms with Crippen molar-refractivity contribution in [1.29, 1.82) is 0 Å². The van der Waals surface area contributed by atoms with Crippen molar-refractivity contribution in [2.45, 2.75) is 11.0 Å². The summed E-state index contributed by atoms with van der Waals surface area (Å²) in [4.78, 5) is 10.2. The third-order valence-corrected chi connectivity index (χ3v) is 6.55. The zero-order valence-corrected chi connectivity index (χ0v) is 16.5. The van der Waals surface area contributed by atoms with Crippen molar-refractivity contribution in [3.8, 4) is 0 Å². The molecule has 2 aromatic rings. The number of nitro groups is 1. The molecule has 10 heteroatoms. The summed E-state index contributed by atoms with van der Waals surface area (Å²) < 4.78 is 33.6. The second-order valence-electron chi connectivity index (χ2n) is 5.65. The monoisotopic (exact) mass is 460 g/mol. The Morgan fingerprint density at radius 3 is 2.69 bits per heavy atom. The molecule has 0 aliphatic carbocycles. The zero-order chi connectivity index (χ0) is 18.9. The second-order valence-corrected chi connectivity index (χ2v) is 8.91. The van der Waals surface area contributed by atoms with Gasteiger partial charge in [-0.3, -0.25) is 10.1 Å². The van der Waals surface area contributed by atoms with Crippen molar-refractivity contribution >= 4 is 43.2 Å². The van der Waals surface area contributed by atoms with Crippen LogP contribution in [-0.2, 0) is 14.8 Å². The van der Waals surface area contributed by atoms with Crippen LogP contribution in [0.2, 0.25) is 5.02 Å². The largest absolute Gasteiger partial charge is 0.371 e. The topological polar surface area (TPSA) is 89.8 Å². The van der Waals surface area contributed by atoms with Crippen LogP contribution in [0.1, 0.15) is 11.7 Å². The Balaban J connectivity index is 1.93. The van der Waals surface area contributed by atoms with Crippen LogP contribution in [0.5, 0.6) is 0 Å². The lowest BCUT2D eigenvalue weighted by Gasteiger charge is -2.32. The first-order valence-electron chi connectivity index (χ1n) is 7.60. The lowest BCUT2D eigenvalue weighted by atomic mass is 10.1. The van der Waals surface area contributed by atoms with E-state index in [1.165, 1.54) is 28.6 Å². The summed E-state index contributed by atoms with van der Waals surface area (Å²) in [6.07, 6.45) is -0.517. The molecule has 0 aromatic heterocycles. The summed E-state index contributed by atoms with van der Waals surface area (Å²) >= 11 is 9.40. The van der Waals surface area contributed by atoms with E-state index < -0.39 is 26.7 Å². The Morgan fingerprint density at radius 1 is 1.27 bits per heavy atom. The number of hydrogen-bond donors (Lipinski definition) is 0. The predicted octanol–water partition coefficient (Wildman–Crippen LogP) is 3.77. The van der Waals surface area contributed by atoms with Gasteiger partial charge in [-0.05, 0) is 29.8 Å². The third-order valence-electron chi connectivity index (χ3n) is 3.97. The second kappa shape index (κ2) is 7.61. The number of rotatable bonds is 4. The normalized spacial score (nSPS) is 18.6. The Morgan fingerprint density at radius 2 is 2.00 bits per heavy atom. The van der Waals surface area contributed by atoms with Gasteiger partial charge in [0.25, 0.3) is 5.69 Å². The summed E-state index contributed by atoms with van der Waals surface area (Å²) in [7, 11) is -4.03. The number of halogens is 2. The van der Waals surface area contributed by atoms with E-state index in [9.17, 15) is 18.5 Å². The number of para-hydroxylation sites is 1. The van der Waals surface area contributed by atoms with Gasteiger partial charge in [-0.25, -0.2) is 8.42 Å². The predicted molar refractivity (Wildman–Crippen MR) is 99.7 cm³/mol. The molecule has 1 aliphatic heterocycles. The van der Waals surface area contributed by atoms with Crippen LogP contribution in [0.4, 0.5) is 5.69 Å². The van der Waals surface area contributed by atoms with E-state index in [4.69, 9.17) is 16.3 Å². The summed E-state index contributed by atoms with van der Waals surface area (Å²) in [6, 6.07) is 10.5. The highest BCUT2D eigenvalue weighted by atomic mass is 79.9. The number of morpholine rings is 1. The fourth-order valence-corrected chi connectivity index (χ4v) is 5.24. The third kappa shape index (κ3) is 3.91. The van der Waals surface area contributed by atoms with Crippen LogP contribution < -0.4 is 0 Å². The van der Waals surface area contributed by atoms with Gasteiger partial charge in [0.15, 0.2) is 4.90 Å². The van der Waals surface area contributed by atoms with Crippen molar-refractivity contribution in [2.75, 3.05) is 19.7 Å². The number of nitrogens with zero attached hydrogens (tertiary/aromatic N) is 2. The number of ether oxygens (including phenoxy) is 1. The lowest BCUT2D eigenvalue weighted by molar-refractivity contribution is -0.387. The maximum atomic E-state index is 13.0. The molecule has 1 saturated heterocycles. The maximum absolute atomic E-state index is 13.0. The van der Waals surface area contributed by atoms with Gasteiger partial charge in [0, 0.05) is 28.7 Å². The van der Waals surface area contributed by atoms with Crippen molar-refractivity contribution < 1.29 is 18.1 Å². The molecular weight excluding hydrogens is 448 g/mol. The average molecular weight is 462 g/mol. The molecule has 1 heterocycles. The summed E-state index contributed by atoms with van der Waals surface area (Å²) in [5, 5.41) is 11.7. The number of benzene rings is 2. The van der Waals surface area contributed by atoms with Crippen LogP contribution in [0, 0.1) is 10.1 Å². The van der Waals surface area contributed by atoms with Crippen LogP contribution in [0.3, 0.4) is 0 Å². The minimum Gasteiger partial charge on any atom is -0.371 e. The molecule has 1 aliphatic rings. The zero-order valence-electron chi connectivity index (χ0n) is 13.3. The van der Waals surface area contributed by atoms with Gasteiger partial charge in [0.05, 0.1) is 17.6 Å². The van der Waals surface area contributed by atoms with Crippen LogP contribution in [0.25, 0.3) is 0 Å². The molecule has 1 fully saturated rings. The van der Waals surface area contributed by atoms with E-state index in [-0.39, 0.29) is 24.6 Å². The van der Waals surface area contributed by atoms with Gasteiger partial charge in [-0.1, -0.05) is 39.7 Å². The van der Waals surface area contributed by atoms with Gasteiger partial charge in [0.2, 0.25) is 10.0 Å². The van der Waals surface area contributed by atoms with Crippen LogP contribution in [-0.4, -0.2) is 37.3 Å². The Kier molecular flexibility index (Phi) is 5.64. The van der Waals surface area contributed by atoms with Crippen molar-refractivity contribution in [3.63, 3.8) is 0 Å². The highest BCUT2D eigenvalue weighted by molar-refractivity contribution is 9.10. The Labute approximate surface area is 163 Å². The number of nitro benzene ring substituents is 1. The van der Waals surface area contributed by atoms with Gasteiger partial charge in [-0.15, -0.1) is 0 Å². The van der Waals surface area contributed by atoms with Crippen molar-refractivity contribution in [3.05, 3.63) is 67.6 Å². The summed E-state index contributed by atoms with van der Waals surface area (Å²) in [6.45, 7) is 0.336. The van der Waals surface area contributed by atoms with Crippen LogP contribution in [0.15, 0.2) is 51.8 Å². The van der Waals surface area contributed by atoms with E-state index in [2.05, 4.69) is 15.9 Å². The maximum Gasteiger partial charge on any atom is 0.289 e. The molecule has 3 rings (SSSR count). The molecule has 2 aromatic carbocycles. The van der Waals surface area contributed by atoms with Gasteiger partial charge in [-0.2, -0.15) is 4.31 Å². The average Bonchev–Trinajstić information content (AvgIpc) is 2.61. The van der Waals surface area contributed by atoms with E-state index in [1.807, 2.05) is 0 Å². The number of sulfonamides is 1. The lowest BCUT2D eigenvalue weighted by Crippen LogP contribution is -2.42. The molecule has 0 radical (unpaired) electrons. The van der Waals surface area contributed by atoms with Crippen molar-refractivity contribution in [1.82, 2.24) is 4.31 Å². The molecule has 1 atom stereocenters. The molecule has 1 unspecified atom stereocenters. The van der Waals surface area contributed by atoms with Gasteiger partial charge in [0.1, 0.15) is 0 Å². The molecule has 0 spiro atoms. The molecule has 0 bridgehead atoms. The molecule has 26 heavy (non-hydrogen) atoms. The first kappa shape index (κ1) is 19.2. The Bertz CT molecular complexity index is 933. The molecule has 7 nitrogen and oxygen atoms in total. The minimum atomic E-state index is -4.03. The first-order valence-corrected chi connectivity index (χ1v) is 10.2. The molecule has 0 saturated carbocycles. The summed E-state index contributed by atoms with van der Waals surface area (Å²) in [5.41, 5.74) is 0.285.